The van der Waals surface area contributed by atoms with Crippen molar-refractivity contribution in [2.24, 2.45) is 0 Å². The van der Waals surface area contributed by atoms with Crippen molar-refractivity contribution in [2.45, 2.75) is 51.5 Å². The Morgan fingerprint density at radius 2 is 1.92 bits per heavy atom. The highest BCUT2D eigenvalue weighted by atomic mass is 16.1. The van der Waals surface area contributed by atoms with Crippen LogP contribution < -0.4 is 10.6 Å². The predicted molar refractivity (Wildman–Crippen MR) is 95.6 cm³/mol. The second kappa shape index (κ2) is 7.43. The van der Waals surface area contributed by atoms with Crippen molar-refractivity contribution in [3.8, 4) is 0 Å². The van der Waals surface area contributed by atoms with E-state index in [1.54, 1.807) is 12.3 Å². The summed E-state index contributed by atoms with van der Waals surface area (Å²) in [6.07, 6.45) is 6.12. The molecule has 0 atom stereocenters. The predicted octanol–water partition coefficient (Wildman–Crippen LogP) is 4.02. The molecule has 0 spiro atoms. The SMILES string of the molecule is CC(C)c1ccccc1Nc1nccc(C(=O)NC2CCCC2)n1. The molecule has 1 aliphatic carbocycles. The van der Waals surface area contributed by atoms with Gasteiger partial charge in [-0.1, -0.05) is 44.9 Å². The summed E-state index contributed by atoms with van der Waals surface area (Å²) in [5.41, 5.74) is 2.57. The van der Waals surface area contributed by atoms with Crippen LogP contribution in [0.25, 0.3) is 0 Å². The minimum atomic E-state index is -0.121. The Morgan fingerprint density at radius 1 is 1.17 bits per heavy atom. The number of rotatable bonds is 5. The van der Waals surface area contributed by atoms with Gasteiger partial charge in [-0.05, 0) is 36.5 Å². The average molecular weight is 324 g/mol. The summed E-state index contributed by atoms with van der Waals surface area (Å²) >= 11 is 0. The van der Waals surface area contributed by atoms with Gasteiger partial charge >= 0.3 is 0 Å². The number of para-hydroxylation sites is 1. The molecule has 0 bridgehead atoms. The minimum Gasteiger partial charge on any atom is -0.348 e. The van der Waals surface area contributed by atoms with Crippen LogP contribution in [0.3, 0.4) is 0 Å². The lowest BCUT2D eigenvalue weighted by atomic mass is 10.0. The summed E-state index contributed by atoms with van der Waals surface area (Å²) in [6.45, 7) is 4.29. The molecule has 5 nitrogen and oxygen atoms in total. The summed E-state index contributed by atoms with van der Waals surface area (Å²) < 4.78 is 0. The molecule has 0 aliphatic heterocycles. The summed E-state index contributed by atoms with van der Waals surface area (Å²) in [6, 6.07) is 10.0. The van der Waals surface area contributed by atoms with E-state index in [1.807, 2.05) is 18.2 Å². The van der Waals surface area contributed by atoms with Crippen LogP contribution in [-0.2, 0) is 0 Å². The number of amides is 1. The molecule has 1 saturated carbocycles. The molecule has 126 valence electrons. The Kier molecular flexibility index (Phi) is 5.08. The van der Waals surface area contributed by atoms with Crippen LogP contribution in [0.1, 0.15) is 61.5 Å². The number of carbonyl (C=O) groups is 1. The highest BCUT2D eigenvalue weighted by Crippen LogP contribution is 2.25. The van der Waals surface area contributed by atoms with Crippen LogP contribution in [0.5, 0.6) is 0 Å². The van der Waals surface area contributed by atoms with E-state index in [-0.39, 0.29) is 11.9 Å². The summed E-state index contributed by atoms with van der Waals surface area (Å²) in [4.78, 5) is 21.0. The maximum atomic E-state index is 12.4. The molecule has 24 heavy (non-hydrogen) atoms. The molecule has 1 aliphatic rings. The van der Waals surface area contributed by atoms with Gasteiger partial charge in [-0.25, -0.2) is 9.97 Å². The third kappa shape index (κ3) is 3.91. The maximum absolute atomic E-state index is 12.4. The fraction of sp³-hybridized carbons (Fsp3) is 0.421. The average Bonchev–Trinajstić information content (AvgIpc) is 3.08. The smallest absolute Gasteiger partial charge is 0.270 e. The molecule has 1 amide bonds. The fourth-order valence-corrected chi connectivity index (χ4v) is 3.11. The lowest BCUT2D eigenvalue weighted by molar-refractivity contribution is 0.0933. The van der Waals surface area contributed by atoms with Gasteiger partial charge in [0.05, 0.1) is 0 Å². The van der Waals surface area contributed by atoms with Crippen molar-refractivity contribution in [3.05, 3.63) is 47.8 Å². The van der Waals surface area contributed by atoms with Gasteiger partial charge in [0, 0.05) is 17.9 Å². The van der Waals surface area contributed by atoms with Gasteiger partial charge in [0.1, 0.15) is 5.69 Å². The van der Waals surface area contributed by atoms with E-state index >= 15 is 0 Å². The second-order valence-electron chi connectivity index (χ2n) is 6.59. The van der Waals surface area contributed by atoms with Crippen molar-refractivity contribution in [2.75, 3.05) is 5.32 Å². The summed E-state index contributed by atoms with van der Waals surface area (Å²) in [5, 5.41) is 6.30. The second-order valence-corrected chi connectivity index (χ2v) is 6.59. The molecule has 5 heteroatoms. The van der Waals surface area contributed by atoms with E-state index in [4.69, 9.17) is 0 Å². The van der Waals surface area contributed by atoms with E-state index in [0.29, 0.717) is 17.6 Å². The van der Waals surface area contributed by atoms with E-state index in [2.05, 4.69) is 40.5 Å². The number of benzene rings is 1. The van der Waals surface area contributed by atoms with Gasteiger partial charge in [0.15, 0.2) is 0 Å². The van der Waals surface area contributed by atoms with Gasteiger partial charge in [-0.15, -0.1) is 0 Å². The first kappa shape index (κ1) is 16.4. The molecule has 1 heterocycles. The Morgan fingerprint density at radius 3 is 2.67 bits per heavy atom. The van der Waals surface area contributed by atoms with Gasteiger partial charge in [0.25, 0.3) is 5.91 Å². The molecule has 0 radical (unpaired) electrons. The van der Waals surface area contributed by atoms with Gasteiger partial charge in [-0.3, -0.25) is 4.79 Å². The molecule has 1 aromatic heterocycles. The monoisotopic (exact) mass is 324 g/mol. The third-order valence-electron chi connectivity index (χ3n) is 4.41. The first-order valence-electron chi connectivity index (χ1n) is 8.63. The molecule has 1 fully saturated rings. The van der Waals surface area contributed by atoms with E-state index in [1.165, 1.54) is 18.4 Å². The summed E-state index contributed by atoms with van der Waals surface area (Å²) in [7, 11) is 0. The Bertz CT molecular complexity index is 708. The molecular weight excluding hydrogens is 300 g/mol. The highest BCUT2D eigenvalue weighted by Gasteiger charge is 2.19. The minimum absolute atomic E-state index is 0.121. The molecule has 0 saturated heterocycles. The first-order chi connectivity index (χ1) is 11.6. The van der Waals surface area contributed by atoms with Crippen molar-refractivity contribution in [1.29, 1.82) is 0 Å². The number of nitrogens with zero attached hydrogens (tertiary/aromatic N) is 2. The van der Waals surface area contributed by atoms with Crippen LogP contribution in [0.2, 0.25) is 0 Å². The zero-order chi connectivity index (χ0) is 16.9. The number of nitrogens with one attached hydrogen (secondary N) is 2. The van der Waals surface area contributed by atoms with Crippen molar-refractivity contribution >= 4 is 17.5 Å². The first-order valence-corrected chi connectivity index (χ1v) is 8.63. The standard InChI is InChI=1S/C19H24N4O/c1-13(2)15-9-5-6-10-16(15)22-19-20-12-11-17(23-19)18(24)21-14-7-3-4-8-14/h5-6,9-14H,3-4,7-8H2,1-2H3,(H,21,24)(H,20,22,23). The van der Waals surface area contributed by atoms with Crippen LogP contribution in [0, 0.1) is 0 Å². The highest BCUT2D eigenvalue weighted by molar-refractivity contribution is 5.92. The van der Waals surface area contributed by atoms with Gasteiger partial charge in [0.2, 0.25) is 5.95 Å². The topological polar surface area (TPSA) is 66.9 Å². The van der Waals surface area contributed by atoms with Crippen LogP contribution >= 0.6 is 0 Å². The van der Waals surface area contributed by atoms with Crippen LogP contribution in [0.15, 0.2) is 36.5 Å². The number of anilines is 2. The van der Waals surface area contributed by atoms with Crippen molar-refractivity contribution in [1.82, 2.24) is 15.3 Å². The fourth-order valence-electron chi connectivity index (χ4n) is 3.11. The molecular formula is C19H24N4O. The Hall–Kier alpha value is -2.43. The van der Waals surface area contributed by atoms with Crippen molar-refractivity contribution in [3.63, 3.8) is 0 Å². The largest absolute Gasteiger partial charge is 0.348 e. The molecule has 2 aromatic rings. The maximum Gasteiger partial charge on any atom is 0.270 e. The number of carbonyl (C=O) groups excluding carboxylic acids is 1. The van der Waals surface area contributed by atoms with Crippen LogP contribution in [-0.4, -0.2) is 21.9 Å². The lowest BCUT2D eigenvalue weighted by Crippen LogP contribution is -2.33. The molecule has 3 rings (SSSR count). The molecule has 1 aromatic carbocycles. The summed E-state index contributed by atoms with van der Waals surface area (Å²) in [5.74, 6) is 0.717. The van der Waals surface area contributed by atoms with Gasteiger partial charge in [-0.2, -0.15) is 0 Å². The van der Waals surface area contributed by atoms with E-state index < -0.39 is 0 Å². The van der Waals surface area contributed by atoms with E-state index in [9.17, 15) is 4.79 Å². The number of hydrogen-bond acceptors (Lipinski definition) is 4. The van der Waals surface area contributed by atoms with Gasteiger partial charge < -0.3 is 10.6 Å². The molecule has 2 N–H and O–H groups in total. The quantitative estimate of drug-likeness (QED) is 0.872. The zero-order valence-electron chi connectivity index (χ0n) is 14.2. The van der Waals surface area contributed by atoms with E-state index in [0.717, 1.165) is 18.5 Å². The Labute approximate surface area is 142 Å². The molecule has 0 unspecified atom stereocenters. The van der Waals surface area contributed by atoms with Crippen molar-refractivity contribution < 1.29 is 4.79 Å². The van der Waals surface area contributed by atoms with Crippen LogP contribution in [0.4, 0.5) is 11.6 Å². The third-order valence-corrected chi connectivity index (χ3v) is 4.41. The zero-order valence-corrected chi connectivity index (χ0v) is 14.2. The number of aromatic nitrogens is 2. The Balaban J connectivity index is 1.74. The lowest BCUT2D eigenvalue weighted by Gasteiger charge is -2.14. The number of hydrogen-bond donors (Lipinski definition) is 2. The normalized spacial score (nSPS) is 14.8.